The molecule has 0 aliphatic carbocycles. The van der Waals surface area contributed by atoms with Crippen LogP contribution in [0, 0.1) is 5.92 Å². The molecule has 0 saturated carbocycles. The zero-order valence-corrected chi connectivity index (χ0v) is 9.13. The van der Waals surface area contributed by atoms with Crippen molar-refractivity contribution in [1.29, 1.82) is 0 Å². The highest BCUT2D eigenvalue weighted by Crippen LogP contribution is 2.48. The average molecular weight is 266 g/mol. The molecular weight excluding hydrogens is 253 g/mol. The van der Waals surface area contributed by atoms with Gasteiger partial charge >= 0.3 is 17.8 Å². The predicted molar refractivity (Wildman–Crippen MR) is 49.4 cm³/mol. The maximum atomic E-state index is 13.0. The first-order valence-corrected chi connectivity index (χ1v) is 4.80. The van der Waals surface area contributed by atoms with Gasteiger partial charge in [0, 0.05) is 13.3 Å². The topological polar surface area (TPSA) is 0 Å². The third-order valence-corrected chi connectivity index (χ3v) is 2.27. The summed E-state index contributed by atoms with van der Waals surface area (Å²) in [6, 6.07) is 0. The van der Waals surface area contributed by atoms with Gasteiger partial charge in [0.25, 0.3) is 0 Å². The average Bonchev–Trinajstić information content (AvgIpc) is 2.14. The molecule has 0 spiro atoms. The van der Waals surface area contributed by atoms with E-state index < -0.39 is 36.8 Å². The van der Waals surface area contributed by atoms with Gasteiger partial charge in [0.05, 0.1) is 6.67 Å². The first-order valence-electron chi connectivity index (χ1n) is 4.80. The normalized spacial score (nSPS) is 15.8. The molecule has 0 aliphatic rings. The standard InChI is InChI=1S/C10H13F7/c1-3-4-7(6-11)5-9(14,15)10(16,17)8(2,12)13/h3,7H,1,4-6H2,2H3. The molecule has 0 N–H and O–H groups in total. The summed E-state index contributed by atoms with van der Waals surface area (Å²) in [5.74, 6) is -16.8. The fraction of sp³-hybridized carbons (Fsp3) is 0.800. The van der Waals surface area contributed by atoms with E-state index in [1.54, 1.807) is 0 Å². The Balaban J connectivity index is 4.94. The zero-order valence-electron chi connectivity index (χ0n) is 9.13. The molecule has 0 nitrogen and oxygen atoms in total. The second-order valence-corrected chi connectivity index (χ2v) is 3.92. The molecule has 0 radical (unpaired) electrons. The first kappa shape index (κ1) is 16.2. The second-order valence-electron chi connectivity index (χ2n) is 3.92. The van der Waals surface area contributed by atoms with Crippen LogP contribution in [0.3, 0.4) is 0 Å². The van der Waals surface area contributed by atoms with Crippen LogP contribution in [0.2, 0.25) is 0 Å². The SMILES string of the molecule is C=CCC(CF)CC(F)(F)C(F)(F)C(C)(F)F. The Morgan fingerprint density at radius 1 is 1.12 bits per heavy atom. The molecule has 0 aliphatic heterocycles. The zero-order chi connectivity index (χ0) is 13.9. The molecule has 17 heavy (non-hydrogen) atoms. The molecule has 7 heteroatoms. The van der Waals surface area contributed by atoms with E-state index >= 15 is 0 Å². The van der Waals surface area contributed by atoms with Crippen molar-refractivity contribution in [1.82, 2.24) is 0 Å². The van der Waals surface area contributed by atoms with Gasteiger partial charge < -0.3 is 0 Å². The van der Waals surface area contributed by atoms with Crippen molar-refractivity contribution in [2.45, 2.75) is 37.5 Å². The molecule has 0 aromatic rings. The number of hydrogen-bond acceptors (Lipinski definition) is 0. The van der Waals surface area contributed by atoms with Gasteiger partial charge in [-0.3, -0.25) is 4.39 Å². The van der Waals surface area contributed by atoms with Gasteiger partial charge in [0.1, 0.15) is 0 Å². The van der Waals surface area contributed by atoms with Gasteiger partial charge in [-0.05, 0) is 12.3 Å². The Morgan fingerprint density at radius 3 is 1.88 bits per heavy atom. The van der Waals surface area contributed by atoms with E-state index in [9.17, 15) is 30.7 Å². The van der Waals surface area contributed by atoms with Crippen LogP contribution < -0.4 is 0 Å². The van der Waals surface area contributed by atoms with E-state index in [2.05, 4.69) is 6.58 Å². The summed E-state index contributed by atoms with van der Waals surface area (Å²) >= 11 is 0. The van der Waals surface area contributed by atoms with Gasteiger partial charge in [-0.2, -0.15) is 26.3 Å². The van der Waals surface area contributed by atoms with Gasteiger partial charge in [0.2, 0.25) is 0 Å². The lowest BCUT2D eigenvalue weighted by molar-refractivity contribution is -0.307. The third-order valence-electron chi connectivity index (χ3n) is 2.27. The smallest absolute Gasteiger partial charge is 0.251 e. The molecular formula is C10H13F7. The highest BCUT2D eigenvalue weighted by Gasteiger charge is 2.69. The fourth-order valence-electron chi connectivity index (χ4n) is 1.25. The summed E-state index contributed by atoms with van der Waals surface area (Å²) in [6.45, 7) is 1.55. The Bertz CT molecular complexity index is 254. The van der Waals surface area contributed by atoms with E-state index in [4.69, 9.17) is 0 Å². The summed E-state index contributed by atoms with van der Waals surface area (Å²) in [7, 11) is 0. The van der Waals surface area contributed by atoms with Crippen molar-refractivity contribution in [3.8, 4) is 0 Å². The summed E-state index contributed by atoms with van der Waals surface area (Å²) in [5, 5.41) is 0. The maximum absolute atomic E-state index is 13.0. The lowest BCUT2D eigenvalue weighted by Gasteiger charge is -2.32. The number of allylic oxidation sites excluding steroid dienone is 1. The molecule has 0 heterocycles. The molecule has 102 valence electrons. The monoisotopic (exact) mass is 266 g/mol. The van der Waals surface area contributed by atoms with Crippen molar-refractivity contribution in [2.24, 2.45) is 5.92 Å². The lowest BCUT2D eigenvalue weighted by atomic mass is 9.93. The Kier molecular flexibility index (Phi) is 5.03. The molecule has 1 atom stereocenters. The van der Waals surface area contributed by atoms with Gasteiger partial charge in [-0.15, -0.1) is 6.58 Å². The quantitative estimate of drug-likeness (QED) is 0.471. The van der Waals surface area contributed by atoms with E-state index in [0.29, 0.717) is 0 Å². The summed E-state index contributed by atoms with van der Waals surface area (Å²) < 4.78 is 88.7. The number of halogens is 7. The Morgan fingerprint density at radius 2 is 1.59 bits per heavy atom. The van der Waals surface area contributed by atoms with Crippen LogP contribution in [0.25, 0.3) is 0 Å². The van der Waals surface area contributed by atoms with Gasteiger partial charge in [0.15, 0.2) is 0 Å². The highest BCUT2D eigenvalue weighted by atomic mass is 19.3. The van der Waals surface area contributed by atoms with Crippen LogP contribution >= 0.6 is 0 Å². The summed E-state index contributed by atoms with van der Waals surface area (Å²) in [4.78, 5) is 0. The fourth-order valence-corrected chi connectivity index (χ4v) is 1.25. The van der Waals surface area contributed by atoms with Crippen LogP contribution in [-0.2, 0) is 0 Å². The molecule has 0 bridgehead atoms. The molecule has 0 fully saturated rings. The molecule has 1 unspecified atom stereocenters. The molecule has 0 aromatic heterocycles. The largest absolute Gasteiger partial charge is 0.371 e. The van der Waals surface area contributed by atoms with Crippen molar-refractivity contribution >= 4 is 0 Å². The molecule has 0 amide bonds. The Hall–Kier alpha value is -0.750. The first-order chi connectivity index (χ1) is 7.49. The van der Waals surface area contributed by atoms with Gasteiger partial charge in [-0.1, -0.05) is 6.08 Å². The number of hydrogen-bond donors (Lipinski definition) is 0. The number of alkyl halides is 7. The minimum atomic E-state index is -5.51. The lowest BCUT2D eigenvalue weighted by Crippen LogP contribution is -2.53. The van der Waals surface area contributed by atoms with E-state index in [0.717, 1.165) is 6.08 Å². The van der Waals surface area contributed by atoms with Crippen molar-refractivity contribution in [3.63, 3.8) is 0 Å². The summed E-state index contributed by atoms with van der Waals surface area (Å²) in [5.41, 5.74) is 0. The third kappa shape index (κ3) is 3.61. The molecule has 0 rings (SSSR count). The second kappa shape index (κ2) is 5.27. The molecule has 0 aromatic carbocycles. The van der Waals surface area contributed by atoms with Gasteiger partial charge in [-0.25, -0.2) is 0 Å². The van der Waals surface area contributed by atoms with E-state index in [1.165, 1.54) is 0 Å². The van der Waals surface area contributed by atoms with Crippen LogP contribution in [0.15, 0.2) is 12.7 Å². The minimum Gasteiger partial charge on any atom is -0.251 e. The summed E-state index contributed by atoms with van der Waals surface area (Å²) in [6.07, 6.45) is -0.855. The van der Waals surface area contributed by atoms with E-state index in [-0.39, 0.29) is 13.3 Å². The van der Waals surface area contributed by atoms with Crippen molar-refractivity contribution < 1.29 is 30.7 Å². The van der Waals surface area contributed by atoms with Crippen LogP contribution in [0.5, 0.6) is 0 Å². The number of rotatable bonds is 7. The van der Waals surface area contributed by atoms with Crippen LogP contribution in [0.1, 0.15) is 19.8 Å². The van der Waals surface area contributed by atoms with Crippen LogP contribution in [-0.4, -0.2) is 24.4 Å². The van der Waals surface area contributed by atoms with Crippen molar-refractivity contribution in [3.05, 3.63) is 12.7 Å². The highest BCUT2D eigenvalue weighted by molar-refractivity contribution is 4.95. The maximum Gasteiger partial charge on any atom is 0.371 e. The Labute approximate surface area is 94.5 Å². The van der Waals surface area contributed by atoms with Crippen LogP contribution in [0.4, 0.5) is 30.7 Å². The van der Waals surface area contributed by atoms with Crippen molar-refractivity contribution in [2.75, 3.05) is 6.67 Å². The predicted octanol–water partition coefficient (Wildman–Crippen LogP) is 4.46. The molecule has 0 saturated heterocycles. The minimum absolute atomic E-state index is 0.280. The van der Waals surface area contributed by atoms with E-state index in [1.807, 2.05) is 0 Å².